The van der Waals surface area contributed by atoms with E-state index in [1.807, 2.05) is 0 Å². The van der Waals surface area contributed by atoms with E-state index in [2.05, 4.69) is 21.3 Å². The summed E-state index contributed by atoms with van der Waals surface area (Å²) in [4.78, 5) is 50.5. The number of aliphatic hydroxyl groups is 1. The highest BCUT2D eigenvalue weighted by Gasteiger charge is 2.33. The average Bonchev–Trinajstić information content (AvgIpc) is 2.76. The molecule has 0 aromatic heterocycles. The zero-order valence-corrected chi connectivity index (χ0v) is 19.4. The van der Waals surface area contributed by atoms with Gasteiger partial charge in [-0.15, -0.1) is 0 Å². The van der Waals surface area contributed by atoms with Gasteiger partial charge in [0, 0.05) is 12.5 Å². The molecule has 1 aliphatic rings. The Balaban J connectivity index is 2.85. The topological polar surface area (TPSA) is 189 Å². The molecule has 0 spiro atoms. The van der Waals surface area contributed by atoms with Gasteiger partial charge in [-0.3, -0.25) is 19.2 Å². The van der Waals surface area contributed by atoms with E-state index in [-0.39, 0.29) is 49.5 Å². The van der Waals surface area contributed by atoms with Gasteiger partial charge in [-0.1, -0.05) is 13.8 Å². The number of nitrogens with two attached hydrogens (primary N) is 2. The number of Topliss-reactive ketones (excluding diaryl/α,β-unsaturated/α-hetero) is 1. The van der Waals surface area contributed by atoms with Crippen molar-refractivity contribution in [3.63, 3.8) is 0 Å². The molecule has 1 saturated heterocycles. The molecule has 0 radical (unpaired) electrons. The zero-order chi connectivity index (χ0) is 24.3. The molecule has 11 nitrogen and oxygen atoms in total. The van der Waals surface area contributed by atoms with E-state index in [0.29, 0.717) is 6.54 Å². The second-order valence-electron chi connectivity index (χ2n) is 8.60. The minimum absolute atomic E-state index is 0.147. The highest BCUT2D eigenvalue weighted by Crippen LogP contribution is 2.11. The van der Waals surface area contributed by atoms with Gasteiger partial charge in [0.25, 0.3) is 0 Å². The Morgan fingerprint density at radius 3 is 2.09 bits per heavy atom. The Labute approximate surface area is 189 Å². The van der Waals surface area contributed by atoms with E-state index in [1.165, 1.54) is 6.92 Å². The van der Waals surface area contributed by atoms with Crippen LogP contribution in [0.2, 0.25) is 0 Å². The van der Waals surface area contributed by atoms with Crippen molar-refractivity contribution in [1.82, 2.24) is 21.3 Å². The van der Waals surface area contributed by atoms with E-state index in [1.54, 1.807) is 13.8 Å². The first-order chi connectivity index (χ1) is 15.1. The molecule has 5 atom stereocenters. The molecule has 184 valence electrons. The van der Waals surface area contributed by atoms with Gasteiger partial charge in [0.1, 0.15) is 12.1 Å². The van der Waals surface area contributed by atoms with E-state index in [4.69, 9.17) is 11.5 Å². The summed E-state index contributed by atoms with van der Waals surface area (Å²) >= 11 is 0. The summed E-state index contributed by atoms with van der Waals surface area (Å²) in [5, 5.41) is 21.1. The number of nitrogens with one attached hydrogen (secondary N) is 4. The number of aliphatic hydroxyl groups excluding tert-OH is 1. The van der Waals surface area contributed by atoms with Crippen LogP contribution in [-0.4, -0.2) is 79.0 Å². The number of hydrogen-bond donors (Lipinski definition) is 7. The fourth-order valence-electron chi connectivity index (χ4n) is 3.58. The van der Waals surface area contributed by atoms with E-state index < -0.39 is 36.0 Å². The molecule has 9 N–H and O–H groups in total. The number of carbonyl (C=O) groups is 4. The molecule has 1 unspecified atom stereocenters. The van der Waals surface area contributed by atoms with Gasteiger partial charge in [-0.25, -0.2) is 0 Å². The summed E-state index contributed by atoms with van der Waals surface area (Å²) < 4.78 is 0. The molecule has 32 heavy (non-hydrogen) atoms. The Bertz CT molecular complexity index is 636. The van der Waals surface area contributed by atoms with Crippen LogP contribution in [0, 0.1) is 11.8 Å². The minimum Gasteiger partial charge on any atom is -0.391 e. The highest BCUT2D eigenvalue weighted by molar-refractivity contribution is 5.95. The third-order valence-corrected chi connectivity index (χ3v) is 5.50. The smallest absolute Gasteiger partial charge is 0.245 e. The minimum atomic E-state index is -1.31. The molecular formula is C21H40N6O5. The van der Waals surface area contributed by atoms with Crippen molar-refractivity contribution < 1.29 is 24.3 Å². The fraction of sp³-hybridized carbons (Fsp3) is 0.810. The number of amides is 3. The molecule has 1 rings (SSSR count). The third-order valence-electron chi connectivity index (χ3n) is 5.50. The van der Waals surface area contributed by atoms with E-state index in [0.717, 1.165) is 19.4 Å². The molecule has 11 heteroatoms. The first-order valence-electron chi connectivity index (χ1n) is 11.4. The van der Waals surface area contributed by atoms with Crippen molar-refractivity contribution in [3.8, 4) is 0 Å². The van der Waals surface area contributed by atoms with Crippen molar-refractivity contribution in [1.29, 1.82) is 0 Å². The second kappa shape index (κ2) is 14.1. The van der Waals surface area contributed by atoms with Crippen LogP contribution in [0.5, 0.6) is 0 Å². The fourth-order valence-corrected chi connectivity index (χ4v) is 3.58. The van der Waals surface area contributed by atoms with Crippen LogP contribution in [0.3, 0.4) is 0 Å². The number of piperidine rings is 1. The van der Waals surface area contributed by atoms with Crippen LogP contribution < -0.4 is 32.7 Å². The molecule has 0 aromatic rings. The molecule has 3 amide bonds. The standard InChI is InChI=1S/C21H40N6O5/c1-12(2)18(29)15(6-8-22)25-21(32)17(13(3)28)27-20(31)16(7-9-23)26-19(30)14-5-4-10-24-11-14/h12-17,24,28H,4-11,22-23H2,1-3H3,(H,25,32)(H,26,30)(H,27,31)/t13?,14-,15-,16-,17-/m0/s1. The average molecular weight is 457 g/mol. The number of carbonyl (C=O) groups excluding carboxylic acids is 4. The van der Waals surface area contributed by atoms with Crippen LogP contribution in [0.1, 0.15) is 46.5 Å². The lowest BCUT2D eigenvalue weighted by Crippen LogP contribution is -2.60. The summed E-state index contributed by atoms with van der Waals surface area (Å²) in [5.41, 5.74) is 11.2. The van der Waals surface area contributed by atoms with Crippen molar-refractivity contribution >= 4 is 23.5 Å². The maximum Gasteiger partial charge on any atom is 0.245 e. The van der Waals surface area contributed by atoms with Crippen molar-refractivity contribution in [3.05, 3.63) is 0 Å². The van der Waals surface area contributed by atoms with Crippen molar-refractivity contribution in [2.75, 3.05) is 26.2 Å². The second-order valence-corrected chi connectivity index (χ2v) is 8.60. The summed E-state index contributed by atoms with van der Waals surface area (Å²) in [7, 11) is 0. The van der Waals surface area contributed by atoms with Gasteiger partial charge >= 0.3 is 0 Å². The van der Waals surface area contributed by atoms with Crippen LogP contribution in [0.15, 0.2) is 0 Å². The largest absolute Gasteiger partial charge is 0.391 e. The first kappa shape index (κ1) is 28.0. The Hall–Kier alpha value is -2.08. The first-order valence-corrected chi connectivity index (χ1v) is 11.4. The maximum absolute atomic E-state index is 12.8. The normalized spacial score (nSPS) is 20.0. The number of rotatable bonds is 13. The highest BCUT2D eigenvalue weighted by atomic mass is 16.3. The molecule has 0 aliphatic carbocycles. The molecule has 1 fully saturated rings. The van der Waals surface area contributed by atoms with Gasteiger partial charge in [0.15, 0.2) is 5.78 Å². The summed E-state index contributed by atoms with van der Waals surface area (Å²) in [6.07, 6.45) is 0.775. The Morgan fingerprint density at radius 2 is 1.59 bits per heavy atom. The van der Waals surface area contributed by atoms with Gasteiger partial charge in [-0.2, -0.15) is 0 Å². The molecule has 0 aromatic carbocycles. The number of ketones is 1. The van der Waals surface area contributed by atoms with Crippen LogP contribution in [-0.2, 0) is 19.2 Å². The SMILES string of the molecule is CC(C)C(=O)[C@H](CCN)NC(=O)[C@@H](NC(=O)[C@H](CCN)NC(=O)[C@H]1CCCNC1)C(C)O. The van der Waals surface area contributed by atoms with Gasteiger partial charge in [0.2, 0.25) is 17.7 Å². The predicted molar refractivity (Wildman–Crippen MR) is 120 cm³/mol. The van der Waals surface area contributed by atoms with Gasteiger partial charge in [-0.05, 0) is 52.2 Å². The van der Waals surface area contributed by atoms with Crippen LogP contribution in [0.25, 0.3) is 0 Å². The molecule has 0 bridgehead atoms. The van der Waals surface area contributed by atoms with E-state index >= 15 is 0 Å². The van der Waals surface area contributed by atoms with Crippen molar-refractivity contribution in [2.45, 2.75) is 70.7 Å². The zero-order valence-electron chi connectivity index (χ0n) is 19.4. The van der Waals surface area contributed by atoms with Gasteiger partial charge in [0.05, 0.1) is 18.1 Å². The van der Waals surface area contributed by atoms with E-state index in [9.17, 15) is 24.3 Å². The summed E-state index contributed by atoms with van der Waals surface area (Å²) in [5.74, 6) is -2.32. The molecule has 1 aliphatic heterocycles. The summed E-state index contributed by atoms with van der Waals surface area (Å²) in [6.45, 7) is 6.52. The predicted octanol–water partition coefficient (Wildman–Crippen LogP) is -2.26. The Kier molecular flexibility index (Phi) is 12.4. The third kappa shape index (κ3) is 8.81. The van der Waals surface area contributed by atoms with Crippen LogP contribution in [0.4, 0.5) is 0 Å². The van der Waals surface area contributed by atoms with Gasteiger partial charge < -0.3 is 37.8 Å². The molecular weight excluding hydrogens is 416 g/mol. The quantitative estimate of drug-likeness (QED) is 0.162. The molecule has 0 saturated carbocycles. The monoisotopic (exact) mass is 456 g/mol. The number of hydrogen-bond acceptors (Lipinski definition) is 8. The van der Waals surface area contributed by atoms with Crippen LogP contribution >= 0.6 is 0 Å². The molecule has 1 heterocycles. The maximum atomic E-state index is 12.8. The lowest BCUT2D eigenvalue weighted by atomic mass is 9.98. The lowest BCUT2D eigenvalue weighted by molar-refractivity contribution is -0.136. The summed E-state index contributed by atoms with van der Waals surface area (Å²) in [6, 6.07) is -3.07. The van der Waals surface area contributed by atoms with Crippen molar-refractivity contribution in [2.24, 2.45) is 23.3 Å². The lowest BCUT2D eigenvalue weighted by Gasteiger charge is -2.28. The Morgan fingerprint density at radius 1 is 0.969 bits per heavy atom.